The molecule has 0 aromatic carbocycles. The SMILES string of the molecule is CC/C=C/C/C=C/C/C=C/CCCCCCCCC(=O)NC(COP(=O)(O)OCC[N+](C)(C)C)C(/C=C\CCCCCCCCCCC)OC(=O)CCCCCCCCCCCCCCCCCCC/C=C/CCCCCCCC. The van der Waals surface area contributed by atoms with Crippen LogP contribution in [0.5, 0.6) is 0 Å². The van der Waals surface area contributed by atoms with Gasteiger partial charge in [0.25, 0.3) is 0 Å². The molecule has 0 saturated carbocycles. The molecule has 0 bridgehead atoms. The molecule has 0 saturated heterocycles. The lowest BCUT2D eigenvalue weighted by molar-refractivity contribution is -0.870. The van der Waals surface area contributed by atoms with Crippen LogP contribution in [0.2, 0.25) is 0 Å². The molecule has 0 aliphatic heterocycles. The van der Waals surface area contributed by atoms with Crippen LogP contribution in [0.1, 0.15) is 323 Å². The first-order valence-corrected chi connectivity index (χ1v) is 35.6. The maximum Gasteiger partial charge on any atom is 0.472 e. The molecule has 0 radical (unpaired) electrons. The molecule has 2 N–H and O–H groups in total. The highest BCUT2D eigenvalue weighted by molar-refractivity contribution is 7.47. The molecular formula is C70H132N2O7P+. The Morgan fingerprint density at radius 1 is 0.450 bits per heavy atom. The first-order chi connectivity index (χ1) is 38.9. The summed E-state index contributed by atoms with van der Waals surface area (Å²) in [5.74, 6) is -0.510. The minimum absolute atomic E-state index is 0.0373. The number of esters is 1. The van der Waals surface area contributed by atoms with E-state index in [-0.39, 0.29) is 25.1 Å². The van der Waals surface area contributed by atoms with Gasteiger partial charge in [0, 0.05) is 12.8 Å². The van der Waals surface area contributed by atoms with Gasteiger partial charge in [0.15, 0.2) is 0 Å². The number of quaternary nitrogens is 1. The highest BCUT2D eigenvalue weighted by Crippen LogP contribution is 2.43. The van der Waals surface area contributed by atoms with Crippen LogP contribution < -0.4 is 5.32 Å². The third-order valence-electron chi connectivity index (χ3n) is 15.2. The maximum absolute atomic E-state index is 13.5. The number of rotatable bonds is 62. The predicted molar refractivity (Wildman–Crippen MR) is 346 cm³/mol. The lowest BCUT2D eigenvalue weighted by Crippen LogP contribution is -2.47. The molecule has 0 heterocycles. The topological polar surface area (TPSA) is 111 Å². The molecule has 1 amide bonds. The quantitative estimate of drug-likeness (QED) is 0.0205. The Balaban J connectivity index is 4.98. The number of nitrogens with one attached hydrogen (secondary N) is 1. The fraction of sp³-hybridized carbons (Fsp3) is 0.829. The fourth-order valence-corrected chi connectivity index (χ4v) is 10.7. The lowest BCUT2D eigenvalue weighted by Gasteiger charge is -2.27. The van der Waals surface area contributed by atoms with E-state index in [1.54, 1.807) is 0 Å². The van der Waals surface area contributed by atoms with Crippen LogP contribution in [0.25, 0.3) is 0 Å². The second-order valence-corrected chi connectivity index (χ2v) is 25.8. The van der Waals surface area contributed by atoms with Crippen LogP contribution in [0.3, 0.4) is 0 Å². The van der Waals surface area contributed by atoms with E-state index < -0.39 is 20.0 Å². The number of amides is 1. The largest absolute Gasteiger partial charge is 0.472 e. The predicted octanol–water partition coefficient (Wildman–Crippen LogP) is 21.4. The van der Waals surface area contributed by atoms with E-state index in [9.17, 15) is 19.0 Å². The van der Waals surface area contributed by atoms with Crippen molar-refractivity contribution in [3.05, 3.63) is 60.8 Å². The summed E-state index contributed by atoms with van der Waals surface area (Å²) in [7, 11) is 1.49. The van der Waals surface area contributed by atoms with Crippen molar-refractivity contribution in [2.45, 2.75) is 335 Å². The third kappa shape index (κ3) is 60.3. The molecule has 0 aliphatic carbocycles. The minimum atomic E-state index is -4.45. The second kappa shape index (κ2) is 59.9. The Labute approximate surface area is 496 Å². The summed E-state index contributed by atoms with van der Waals surface area (Å²) in [4.78, 5) is 37.8. The van der Waals surface area contributed by atoms with Gasteiger partial charge in [0.05, 0.1) is 33.8 Å². The molecule has 468 valence electrons. The summed E-state index contributed by atoms with van der Waals surface area (Å²) in [6, 6.07) is -0.855. The van der Waals surface area contributed by atoms with Crippen molar-refractivity contribution in [3.63, 3.8) is 0 Å². The molecule has 0 spiro atoms. The number of allylic oxidation sites excluding steroid dienone is 9. The van der Waals surface area contributed by atoms with Crippen molar-refractivity contribution in [3.8, 4) is 0 Å². The lowest BCUT2D eigenvalue weighted by atomic mass is 10.0. The normalized spacial score (nSPS) is 13.9. The van der Waals surface area contributed by atoms with Crippen LogP contribution in [0.4, 0.5) is 0 Å². The summed E-state index contributed by atoms with van der Waals surface area (Å²) in [6.45, 7) is 6.91. The zero-order valence-electron chi connectivity index (χ0n) is 53.6. The number of hydrogen-bond donors (Lipinski definition) is 2. The van der Waals surface area contributed by atoms with Crippen LogP contribution in [-0.4, -0.2) is 74.3 Å². The number of ether oxygens (including phenoxy) is 1. The van der Waals surface area contributed by atoms with E-state index in [0.717, 1.165) is 89.9 Å². The molecule has 0 aliphatic rings. The summed E-state index contributed by atoms with van der Waals surface area (Å²) < 4.78 is 30.7. The molecule has 3 unspecified atom stereocenters. The van der Waals surface area contributed by atoms with Crippen molar-refractivity contribution < 1.29 is 37.3 Å². The summed E-state index contributed by atoms with van der Waals surface area (Å²) >= 11 is 0. The van der Waals surface area contributed by atoms with Crippen LogP contribution in [0, 0.1) is 0 Å². The first-order valence-electron chi connectivity index (χ1n) is 34.1. The Kier molecular flexibility index (Phi) is 58.1. The molecular weight excluding hydrogens is 1010 g/mol. The average Bonchev–Trinajstić information content (AvgIpc) is 3.43. The van der Waals surface area contributed by atoms with Crippen LogP contribution in [0.15, 0.2) is 60.8 Å². The number of unbranched alkanes of at least 4 members (excludes halogenated alkanes) is 38. The van der Waals surface area contributed by atoms with Crippen LogP contribution >= 0.6 is 7.82 Å². The Morgan fingerprint density at radius 2 is 0.800 bits per heavy atom. The van der Waals surface area contributed by atoms with Gasteiger partial charge in [-0.2, -0.15) is 0 Å². The molecule has 0 fully saturated rings. The van der Waals surface area contributed by atoms with Crippen molar-refractivity contribution in [2.24, 2.45) is 0 Å². The molecule has 0 rings (SSSR count). The van der Waals surface area contributed by atoms with Gasteiger partial charge in [-0.05, 0) is 89.5 Å². The monoisotopic (exact) mass is 1140 g/mol. The van der Waals surface area contributed by atoms with E-state index in [1.165, 1.54) is 199 Å². The molecule has 9 nitrogen and oxygen atoms in total. The average molecular weight is 1140 g/mol. The van der Waals surface area contributed by atoms with Gasteiger partial charge in [0.1, 0.15) is 19.3 Å². The summed E-state index contributed by atoms with van der Waals surface area (Å²) in [5, 5.41) is 3.05. The summed E-state index contributed by atoms with van der Waals surface area (Å²) in [6.07, 6.45) is 76.7. The smallest absolute Gasteiger partial charge is 0.456 e. The van der Waals surface area contributed by atoms with Gasteiger partial charge < -0.3 is 19.4 Å². The molecule has 3 atom stereocenters. The van der Waals surface area contributed by atoms with Crippen molar-refractivity contribution >= 4 is 19.7 Å². The number of nitrogens with zero attached hydrogens (tertiary/aromatic N) is 1. The fourth-order valence-electron chi connectivity index (χ4n) is 9.95. The molecule has 10 heteroatoms. The molecule has 80 heavy (non-hydrogen) atoms. The van der Waals surface area contributed by atoms with Crippen molar-refractivity contribution in [1.82, 2.24) is 5.32 Å². The number of likely N-dealkylation sites (N-methyl/N-ethyl adjacent to an activating group) is 1. The highest BCUT2D eigenvalue weighted by Gasteiger charge is 2.30. The number of carbonyl (C=O) groups excluding carboxylic acids is 2. The zero-order valence-corrected chi connectivity index (χ0v) is 54.5. The summed E-state index contributed by atoms with van der Waals surface area (Å²) in [5.41, 5.74) is 0. The van der Waals surface area contributed by atoms with Crippen molar-refractivity contribution in [2.75, 3.05) is 40.9 Å². The zero-order chi connectivity index (χ0) is 58.6. The van der Waals surface area contributed by atoms with Gasteiger partial charge in [-0.15, -0.1) is 0 Å². The van der Waals surface area contributed by atoms with E-state index in [4.69, 9.17) is 13.8 Å². The third-order valence-corrected chi connectivity index (χ3v) is 16.2. The standard InChI is InChI=1S/C70H131N2O7P/c1-7-10-13-16-19-22-25-27-29-31-32-33-34-35-36-37-38-39-40-41-43-45-48-51-54-57-60-63-70(74)79-68(61-58-55-52-49-46-24-21-18-15-12-9-3)67(66-78-80(75,76)77-65-64-72(4,5)6)71-69(73)62-59-56-53-50-47-44-42-30-28-26-23-20-17-14-11-8-2/h11,14,20,23,27-30,58,61,67-68H,7-10,12-13,15-19,21-22,24-26,31-57,59-60,62-66H2,1-6H3,(H-,71,73,75,76)/p+1/b14-11+,23-20+,29-27+,30-28+,61-58-. The van der Waals surface area contributed by atoms with E-state index in [1.807, 2.05) is 33.3 Å². The molecule has 0 aromatic rings. The Hall–Kier alpha value is -2.29. The second-order valence-electron chi connectivity index (χ2n) is 24.3. The highest BCUT2D eigenvalue weighted by atomic mass is 31.2. The van der Waals surface area contributed by atoms with Crippen molar-refractivity contribution in [1.29, 1.82) is 0 Å². The van der Waals surface area contributed by atoms with E-state index in [2.05, 4.69) is 74.7 Å². The van der Waals surface area contributed by atoms with E-state index in [0.29, 0.717) is 23.9 Å². The molecule has 0 aromatic heterocycles. The van der Waals surface area contributed by atoms with Crippen LogP contribution in [-0.2, 0) is 27.9 Å². The first kappa shape index (κ1) is 77.7. The van der Waals surface area contributed by atoms with E-state index >= 15 is 0 Å². The van der Waals surface area contributed by atoms with Gasteiger partial charge in [-0.1, -0.05) is 281 Å². The minimum Gasteiger partial charge on any atom is -0.456 e. The number of carbonyl (C=O) groups is 2. The number of phosphoric ester groups is 1. The van der Waals surface area contributed by atoms with Gasteiger partial charge in [-0.3, -0.25) is 18.6 Å². The number of phosphoric acid groups is 1. The maximum atomic E-state index is 13.5. The van der Waals surface area contributed by atoms with Gasteiger partial charge >= 0.3 is 13.8 Å². The Morgan fingerprint density at radius 3 is 1.21 bits per heavy atom. The van der Waals surface area contributed by atoms with Gasteiger partial charge in [0.2, 0.25) is 5.91 Å². The Bertz CT molecular complexity index is 1550. The van der Waals surface area contributed by atoms with Gasteiger partial charge in [-0.25, -0.2) is 4.57 Å². The number of hydrogen-bond acceptors (Lipinski definition) is 6.